The lowest BCUT2D eigenvalue weighted by molar-refractivity contribution is -0.121. The Morgan fingerprint density at radius 2 is 2.20 bits per heavy atom. The Labute approximate surface area is 129 Å². The lowest BCUT2D eigenvalue weighted by Gasteiger charge is -2.37. The fourth-order valence-electron chi connectivity index (χ4n) is 2.60. The van der Waals surface area contributed by atoms with Gasteiger partial charge in [0.1, 0.15) is 0 Å². The van der Waals surface area contributed by atoms with E-state index in [4.69, 9.17) is 4.74 Å². The van der Waals surface area contributed by atoms with Crippen LogP contribution in [0.25, 0.3) is 0 Å². The molecule has 6 heteroatoms. The number of nitrogens with zero attached hydrogens (tertiary/aromatic N) is 1. The lowest BCUT2D eigenvalue weighted by atomic mass is 9.93. The maximum absolute atomic E-state index is 11.6. The molecule has 0 aromatic rings. The molecule has 20 heavy (non-hydrogen) atoms. The summed E-state index contributed by atoms with van der Waals surface area (Å²) in [7, 11) is 1.80. The van der Waals surface area contributed by atoms with Gasteiger partial charge in [-0.25, -0.2) is 0 Å². The molecule has 1 aliphatic heterocycles. The lowest BCUT2D eigenvalue weighted by Crippen LogP contribution is -2.51. The largest absolute Gasteiger partial charge is 0.382 e. The number of ether oxygens (including phenoxy) is 1. The number of hydrogen-bond acceptors (Lipinski definition) is 4. The summed E-state index contributed by atoms with van der Waals surface area (Å²) in [6.07, 6.45) is 2.14. The summed E-state index contributed by atoms with van der Waals surface area (Å²) in [5.41, 5.74) is 0. The van der Waals surface area contributed by atoms with Crippen molar-refractivity contribution < 1.29 is 9.53 Å². The topological polar surface area (TPSA) is 53.6 Å². The molecule has 1 rings (SSSR count). The average molecular weight is 308 g/mol. The van der Waals surface area contributed by atoms with Crippen molar-refractivity contribution in [2.45, 2.75) is 32.7 Å². The second-order valence-corrected chi connectivity index (χ2v) is 5.32. The zero-order valence-corrected chi connectivity index (χ0v) is 13.8. The fraction of sp³-hybridized carbons (Fsp3) is 0.929. The number of halogens is 1. The van der Waals surface area contributed by atoms with E-state index in [1.807, 2.05) is 6.92 Å². The molecule has 2 unspecified atom stereocenters. The smallest absolute Gasteiger partial charge is 0.234 e. The minimum Gasteiger partial charge on any atom is -0.382 e. The highest BCUT2D eigenvalue weighted by Crippen LogP contribution is 2.16. The van der Waals surface area contributed by atoms with E-state index in [0.717, 1.165) is 45.7 Å². The predicted octanol–water partition coefficient (Wildman–Crippen LogP) is 0.881. The second kappa shape index (κ2) is 11.3. The van der Waals surface area contributed by atoms with Gasteiger partial charge in [0.2, 0.25) is 5.91 Å². The highest BCUT2D eigenvalue weighted by atomic mass is 35.5. The normalized spacial score (nSPS) is 23.1. The number of rotatable bonds is 8. The van der Waals surface area contributed by atoms with Gasteiger partial charge in [0.05, 0.1) is 6.54 Å². The molecule has 120 valence electrons. The molecular weight excluding hydrogens is 278 g/mol. The van der Waals surface area contributed by atoms with Crippen molar-refractivity contribution in [1.29, 1.82) is 0 Å². The van der Waals surface area contributed by atoms with Crippen LogP contribution in [0, 0.1) is 5.92 Å². The Hall–Kier alpha value is -0.360. The number of nitrogens with one attached hydrogen (secondary N) is 2. The van der Waals surface area contributed by atoms with Gasteiger partial charge in [-0.15, -0.1) is 12.4 Å². The van der Waals surface area contributed by atoms with Crippen molar-refractivity contribution in [3.8, 4) is 0 Å². The molecule has 0 aromatic carbocycles. The second-order valence-electron chi connectivity index (χ2n) is 5.32. The summed E-state index contributed by atoms with van der Waals surface area (Å²) in [5, 5.41) is 6.00. The van der Waals surface area contributed by atoms with Gasteiger partial charge in [-0.05, 0) is 32.7 Å². The van der Waals surface area contributed by atoms with Crippen LogP contribution in [0.2, 0.25) is 0 Å². The number of piperidine rings is 1. The van der Waals surface area contributed by atoms with Crippen LogP contribution in [-0.2, 0) is 9.53 Å². The van der Waals surface area contributed by atoms with Gasteiger partial charge in [0.15, 0.2) is 0 Å². The molecule has 0 radical (unpaired) electrons. The molecule has 1 fully saturated rings. The Balaban J connectivity index is 0.00000361. The fourth-order valence-corrected chi connectivity index (χ4v) is 2.60. The molecule has 2 N–H and O–H groups in total. The summed E-state index contributed by atoms with van der Waals surface area (Å²) in [4.78, 5) is 14.1. The molecule has 0 aliphatic carbocycles. The van der Waals surface area contributed by atoms with E-state index < -0.39 is 0 Å². The molecular formula is C14H30ClN3O2. The minimum atomic E-state index is 0. The zero-order valence-electron chi connectivity index (χ0n) is 13.0. The van der Waals surface area contributed by atoms with Gasteiger partial charge in [0, 0.05) is 38.9 Å². The number of carbonyl (C=O) groups is 1. The SMILES string of the molecule is CCOCCCN1CCC(NC(=O)CNC)C(C)C1.Cl. The number of carbonyl (C=O) groups excluding carboxylic acids is 1. The van der Waals surface area contributed by atoms with Crippen LogP contribution >= 0.6 is 12.4 Å². The molecule has 1 heterocycles. The first kappa shape index (κ1) is 19.6. The van der Waals surface area contributed by atoms with Crippen LogP contribution in [-0.4, -0.2) is 63.3 Å². The van der Waals surface area contributed by atoms with Gasteiger partial charge in [-0.1, -0.05) is 6.92 Å². The van der Waals surface area contributed by atoms with E-state index in [9.17, 15) is 4.79 Å². The van der Waals surface area contributed by atoms with Crippen LogP contribution in [0.15, 0.2) is 0 Å². The van der Waals surface area contributed by atoms with E-state index in [0.29, 0.717) is 18.5 Å². The predicted molar refractivity (Wildman–Crippen MR) is 84.4 cm³/mol. The van der Waals surface area contributed by atoms with Crippen molar-refractivity contribution in [2.75, 3.05) is 46.4 Å². The van der Waals surface area contributed by atoms with Gasteiger partial charge < -0.3 is 20.3 Å². The molecule has 0 spiro atoms. The number of hydrogen-bond donors (Lipinski definition) is 2. The number of amides is 1. The van der Waals surface area contributed by atoms with Crippen LogP contribution < -0.4 is 10.6 Å². The molecule has 1 aliphatic rings. The van der Waals surface area contributed by atoms with E-state index in [2.05, 4.69) is 22.5 Å². The number of likely N-dealkylation sites (N-methyl/N-ethyl adjacent to an activating group) is 1. The summed E-state index contributed by atoms with van der Waals surface area (Å²) >= 11 is 0. The van der Waals surface area contributed by atoms with Crippen molar-refractivity contribution in [2.24, 2.45) is 5.92 Å². The van der Waals surface area contributed by atoms with Crippen LogP contribution in [0.4, 0.5) is 0 Å². The maximum Gasteiger partial charge on any atom is 0.234 e. The van der Waals surface area contributed by atoms with Crippen molar-refractivity contribution in [3.63, 3.8) is 0 Å². The third-order valence-corrected chi connectivity index (χ3v) is 3.64. The summed E-state index contributed by atoms with van der Waals surface area (Å²) in [6, 6.07) is 0.323. The Kier molecular flexibility index (Phi) is 11.1. The van der Waals surface area contributed by atoms with Gasteiger partial charge in [-0.3, -0.25) is 4.79 Å². The van der Waals surface area contributed by atoms with E-state index in [1.165, 1.54) is 0 Å². The van der Waals surface area contributed by atoms with Crippen molar-refractivity contribution in [3.05, 3.63) is 0 Å². The van der Waals surface area contributed by atoms with Crippen LogP contribution in [0.5, 0.6) is 0 Å². The first-order chi connectivity index (χ1) is 9.17. The molecule has 0 aromatic heterocycles. The molecule has 1 amide bonds. The monoisotopic (exact) mass is 307 g/mol. The quantitative estimate of drug-likeness (QED) is 0.654. The van der Waals surface area contributed by atoms with Crippen molar-refractivity contribution >= 4 is 18.3 Å². The molecule has 0 saturated carbocycles. The van der Waals surface area contributed by atoms with E-state index in [1.54, 1.807) is 7.05 Å². The maximum atomic E-state index is 11.6. The molecule has 0 bridgehead atoms. The average Bonchev–Trinajstić information content (AvgIpc) is 2.38. The van der Waals surface area contributed by atoms with Crippen LogP contribution in [0.1, 0.15) is 26.7 Å². The first-order valence-electron chi connectivity index (χ1n) is 7.41. The van der Waals surface area contributed by atoms with E-state index >= 15 is 0 Å². The standard InChI is InChI=1S/C14H29N3O2.ClH/c1-4-19-9-5-7-17-8-6-13(12(2)11-17)16-14(18)10-15-3;/h12-13,15H,4-11H2,1-3H3,(H,16,18);1H. The van der Waals surface area contributed by atoms with Gasteiger partial charge in [0.25, 0.3) is 0 Å². The van der Waals surface area contributed by atoms with Crippen LogP contribution in [0.3, 0.4) is 0 Å². The van der Waals surface area contributed by atoms with Gasteiger partial charge >= 0.3 is 0 Å². The zero-order chi connectivity index (χ0) is 14.1. The summed E-state index contributed by atoms with van der Waals surface area (Å²) in [6.45, 7) is 9.54. The van der Waals surface area contributed by atoms with E-state index in [-0.39, 0.29) is 18.3 Å². The highest BCUT2D eigenvalue weighted by molar-refractivity contribution is 5.85. The third kappa shape index (κ3) is 7.43. The first-order valence-corrected chi connectivity index (χ1v) is 7.41. The summed E-state index contributed by atoms with van der Waals surface area (Å²) in [5.74, 6) is 0.616. The Bertz CT molecular complexity index is 267. The third-order valence-electron chi connectivity index (χ3n) is 3.64. The Morgan fingerprint density at radius 3 is 2.80 bits per heavy atom. The minimum absolute atomic E-state index is 0. The summed E-state index contributed by atoms with van der Waals surface area (Å²) < 4.78 is 5.36. The Morgan fingerprint density at radius 1 is 1.45 bits per heavy atom. The van der Waals surface area contributed by atoms with Gasteiger partial charge in [-0.2, -0.15) is 0 Å². The number of likely N-dealkylation sites (tertiary alicyclic amines) is 1. The molecule has 5 nitrogen and oxygen atoms in total. The highest BCUT2D eigenvalue weighted by Gasteiger charge is 2.26. The molecule has 2 atom stereocenters. The molecule has 1 saturated heterocycles. The van der Waals surface area contributed by atoms with Crippen molar-refractivity contribution in [1.82, 2.24) is 15.5 Å².